The molecule has 0 radical (unpaired) electrons. The molecule has 56 valence electrons. The smallest absolute Gasteiger partial charge is 0.0175 e. The molecule has 0 spiro atoms. The van der Waals surface area contributed by atoms with E-state index in [1.165, 1.54) is 6.16 Å². The van der Waals surface area contributed by atoms with Crippen LogP contribution in [0.2, 0.25) is 0 Å². The fraction of sp³-hybridized carbons (Fsp3) is 1.00. The minimum atomic E-state index is 0.291. The lowest BCUT2D eigenvalue weighted by Crippen LogP contribution is -1.97. The van der Waals surface area contributed by atoms with Crippen molar-refractivity contribution in [3.63, 3.8) is 0 Å². The van der Waals surface area contributed by atoms with Gasteiger partial charge in [-0.15, -0.1) is 0 Å². The molecule has 0 rings (SSSR count). The van der Waals surface area contributed by atoms with Crippen LogP contribution in [0.4, 0.5) is 0 Å². The highest BCUT2D eigenvalue weighted by Crippen LogP contribution is 2.50. The maximum atomic E-state index is 2.61. The monoisotopic (exact) mass is 258 g/mol. The second-order valence-corrected chi connectivity index (χ2v) is 8.99. The molecule has 0 saturated heterocycles. The highest BCUT2D eigenvalue weighted by molar-refractivity contribution is 14.2. The lowest BCUT2D eigenvalue weighted by molar-refractivity contribution is 0.744. The van der Waals surface area contributed by atoms with Gasteiger partial charge in [0.05, 0.1) is 0 Å². The second-order valence-electron chi connectivity index (χ2n) is 3.07. The Bertz CT molecular complexity index is 71.3. The van der Waals surface area contributed by atoms with Gasteiger partial charge in [-0.2, -0.15) is 0 Å². The van der Waals surface area contributed by atoms with E-state index in [2.05, 4.69) is 49.7 Å². The molecule has 0 aliphatic heterocycles. The van der Waals surface area contributed by atoms with Gasteiger partial charge in [-0.05, 0) is 23.3 Å². The lowest BCUT2D eigenvalue weighted by atomic mass is 10.3. The van der Waals surface area contributed by atoms with E-state index >= 15 is 0 Å². The molecular formula is C7H16IP. The Hall–Kier alpha value is 1.16. The van der Waals surface area contributed by atoms with Gasteiger partial charge in [0.2, 0.25) is 0 Å². The van der Waals surface area contributed by atoms with Crippen LogP contribution in [0, 0.1) is 5.92 Å². The highest BCUT2D eigenvalue weighted by Gasteiger charge is 2.09. The largest absolute Gasteiger partial charge is 0.0624 e. The highest BCUT2D eigenvalue weighted by atomic mass is 127. The molecule has 0 amide bonds. The van der Waals surface area contributed by atoms with Crippen LogP contribution in [0.15, 0.2) is 0 Å². The van der Waals surface area contributed by atoms with Crippen LogP contribution in [0.3, 0.4) is 0 Å². The summed E-state index contributed by atoms with van der Waals surface area (Å²) in [7, 11) is 0. The van der Waals surface area contributed by atoms with Gasteiger partial charge in [-0.25, -0.2) is 0 Å². The number of hydrogen-bond donors (Lipinski definition) is 0. The summed E-state index contributed by atoms with van der Waals surface area (Å²) < 4.78 is 0. The average molecular weight is 258 g/mol. The van der Waals surface area contributed by atoms with Crippen molar-refractivity contribution in [1.82, 2.24) is 0 Å². The lowest BCUT2D eigenvalue weighted by Gasteiger charge is -2.15. The molecule has 1 atom stereocenters. The van der Waals surface area contributed by atoms with Gasteiger partial charge in [0, 0.05) is 0 Å². The van der Waals surface area contributed by atoms with E-state index in [0.717, 1.165) is 11.6 Å². The SMILES string of the molecule is CC(C)CP(I)C(C)C. The zero-order valence-corrected chi connectivity index (χ0v) is 9.74. The molecule has 0 aliphatic rings. The molecule has 2 heteroatoms. The molecule has 9 heavy (non-hydrogen) atoms. The summed E-state index contributed by atoms with van der Waals surface area (Å²) in [6.07, 6.45) is 1.42. The molecule has 0 bridgehead atoms. The van der Waals surface area contributed by atoms with Gasteiger partial charge in [0.15, 0.2) is 0 Å². The molecule has 0 aromatic carbocycles. The first-order valence-electron chi connectivity index (χ1n) is 3.46. The normalized spacial score (nSPS) is 15.0. The first-order valence-corrected chi connectivity index (χ1v) is 7.84. The topological polar surface area (TPSA) is 0 Å². The average Bonchev–Trinajstić information content (AvgIpc) is 1.63. The molecular weight excluding hydrogens is 242 g/mol. The molecule has 0 heterocycles. The van der Waals surface area contributed by atoms with Crippen molar-refractivity contribution < 1.29 is 0 Å². The fourth-order valence-electron chi connectivity index (χ4n) is 0.560. The third-order valence-corrected chi connectivity index (χ3v) is 7.82. The number of halogens is 1. The summed E-state index contributed by atoms with van der Waals surface area (Å²) in [5.41, 5.74) is 1.20. The first-order chi connectivity index (χ1) is 4.04. The summed E-state index contributed by atoms with van der Waals surface area (Å²) in [6.45, 7) is 9.24. The van der Waals surface area contributed by atoms with E-state index in [0.29, 0.717) is 5.56 Å². The number of rotatable bonds is 3. The van der Waals surface area contributed by atoms with Crippen LogP contribution in [-0.4, -0.2) is 11.8 Å². The van der Waals surface area contributed by atoms with E-state index in [4.69, 9.17) is 0 Å². The first kappa shape index (κ1) is 10.2. The molecule has 0 saturated carbocycles. The van der Waals surface area contributed by atoms with Crippen molar-refractivity contribution in [2.24, 2.45) is 5.92 Å². The Morgan fingerprint density at radius 2 is 1.67 bits per heavy atom. The van der Waals surface area contributed by atoms with Crippen LogP contribution in [0.25, 0.3) is 0 Å². The molecule has 0 aromatic rings. The van der Waals surface area contributed by atoms with Gasteiger partial charge < -0.3 is 0 Å². The maximum Gasteiger partial charge on any atom is -0.0175 e. The summed E-state index contributed by atoms with van der Waals surface area (Å²) in [4.78, 5) is 0. The van der Waals surface area contributed by atoms with Gasteiger partial charge >= 0.3 is 0 Å². The number of hydrogen-bond acceptors (Lipinski definition) is 0. The van der Waals surface area contributed by atoms with Crippen molar-refractivity contribution in [3.8, 4) is 0 Å². The van der Waals surface area contributed by atoms with E-state index in [-0.39, 0.29) is 0 Å². The van der Waals surface area contributed by atoms with E-state index in [9.17, 15) is 0 Å². The summed E-state index contributed by atoms with van der Waals surface area (Å²) in [6, 6.07) is 0. The predicted molar refractivity (Wildman–Crippen MR) is 55.8 cm³/mol. The maximum absolute atomic E-state index is 2.61. The standard InChI is InChI=1S/C7H16IP/c1-6(2)5-9(8)7(3)4/h6-7H,5H2,1-4H3. The van der Waals surface area contributed by atoms with Crippen LogP contribution >= 0.6 is 27.6 Å². The van der Waals surface area contributed by atoms with Crippen molar-refractivity contribution in [3.05, 3.63) is 0 Å². The minimum absolute atomic E-state index is 0.291. The third-order valence-electron chi connectivity index (χ3n) is 1.10. The zero-order chi connectivity index (χ0) is 7.44. The van der Waals surface area contributed by atoms with Crippen molar-refractivity contribution in [2.75, 3.05) is 6.16 Å². The fourth-order valence-corrected chi connectivity index (χ4v) is 4.04. The molecule has 0 aliphatic carbocycles. The summed E-state index contributed by atoms with van der Waals surface area (Å²) >= 11 is 2.61. The quantitative estimate of drug-likeness (QED) is 0.532. The van der Waals surface area contributed by atoms with E-state index in [1.54, 1.807) is 0 Å². The van der Waals surface area contributed by atoms with Crippen LogP contribution in [0.1, 0.15) is 27.7 Å². The van der Waals surface area contributed by atoms with Gasteiger partial charge in [0.1, 0.15) is 0 Å². The zero-order valence-electron chi connectivity index (χ0n) is 6.69. The van der Waals surface area contributed by atoms with Crippen LogP contribution < -0.4 is 0 Å². The van der Waals surface area contributed by atoms with Gasteiger partial charge in [-0.1, -0.05) is 49.7 Å². The summed E-state index contributed by atoms with van der Waals surface area (Å²) in [5.74, 6) is 0.885. The van der Waals surface area contributed by atoms with Crippen LogP contribution in [-0.2, 0) is 0 Å². The van der Waals surface area contributed by atoms with E-state index in [1.807, 2.05) is 0 Å². The molecule has 1 unspecified atom stereocenters. The van der Waals surface area contributed by atoms with Crippen molar-refractivity contribution in [2.45, 2.75) is 33.4 Å². The van der Waals surface area contributed by atoms with Gasteiger partial charge in [0.25, 0.3) is 0 Å². The Morgan fingerprint density at radius 1 is 1.22 bits per heavy atom. The second kappa shape index (κ2) is 4.90. The Balaban J connectivity index is 3.38. The summed E-state index contributed by atoms with van der Waals surface area (Å²) in [5, 5.41) is 0. The van der Waals surface area contributed by atoms with Gasteiger partial charge in [-0.3, -0.25) is 0 Å². The Kier molecular flexibility index (Phi) is 5.53. The minimum Gasteiger partial charge on any atom is -0.0624 e. The van der Waals surface area contributed by atoms with Crippen molar-refractivity contribution >= 4 is 27.6 Å². The van der Waals surface area contributed by atoms with E-state index < -0.39 is 0 Å². The molecule has 0 nitrogen and oxygen atoms in total. The predicted octanol–water partition coefficient (Wildman–Crippen LogP) is 3.88. The third kappa shape index (κ3) is 5.60. The molecule has 0 fully saturated rings. The Morgan fingerprint density at radius 3 is 1.78 bits per heavy atom. The van der Waals surface area contributed by atoms with Crippen molar-refractivity contribution in [1.29, 1.82) is 0 Å². The Labute approximate surface area is 73.0 Å². The molecule has 0 aromatic heterocycles. The molecule has 0 N–H and O–H groups in total. The van der Waals surface area contributed by atoms with Crippen LogP contribution in [0.5, 0.6) is 0 Å².